The quantitative estimate of drug-likeness (QED) is 0.869. The highest BCUT2D eigenvalue weighted by molar-refractivity contribution is 8.00. The summed E-state index contributed by atoms with van der Waals surface area (Å²) < 4.78 is 0. The lowest BCUT2D eigenvalue weighted by atomic mass is 9.93. The number of rotatable bonds is 4. The molecule has 1 aromatic carbocycles. The Kier molecular flexibility index (Phi) is 5.28. The Balaban J connectivity index is 1.92. The first-order valence-corrected chi connectivity index (χ1v) is 8.17. The lowest BCUT2D eigenvalue weighted by Crippen LogP contribution is -2.48. The highest BCUT2D eigenvalue weighted by Gasteiger charge is 2.32. The van der Waals surface area contributed by atoms with Crippen molar-refractivity contribution >= 4 is 23.6 Å². The van der Waals surface area contributed by atoms with Gasteiger partial charge in [0.1, 0.15) is 0 Å². The van der Waals surface area contributed by atoms with Crippen LogP contribution in [0, 0.1) is 12.8 Å². The molecule has 1 aromatic rings. The van der Waals surface area contributed by atoms with Crippen LogP contribution in [-0.2, 0) is 9.59 Å². The van der Waals surface area contributed by atoms with E-state index in [2.05, 4.69) is 0 Å². The van der Waals surface area contributed by atoms with Crippen molar-refractivity contribution in [2.24, 2.45) is 5.92 Å². The number of piperidine rings is 1. The second-order valence-electron chi connectivity index (χ2n) is 5.61. The Morgan fingerprint density at radius 1 is 1.29 bits per heavy atom. The zero-order valence-corrected chi connectivity index (χ0v) is 13.2. The average molecular weight is 307 g/mol. The maximum absolute atomic E-state index is 12.3. The van der Waals surface area contributed by atoms with Gasteiger partial charge in [-0.05, 0) is 38.8 Å². The van der Waals surface area contributed by atoms with Gasteiger partial charge in [0.2, 0.25) is 5.91 Å². The summed E-state index contributed by atoms with van der Waals surface area (Å²) in [7, 11) is 0. The van der Waals surface area contributed by atoms with Crippen LogP contribution in [0.2, 0.25) is 0 Å². The van der Waals surface area contributed by atoms with Gasteiger partial charge in [0.05, 0.1) is 11.7 Å². The Bertz CT molecular complexity index is 515. The summed E-state index contributed by atoms with van der Waals surface area (Å²) in [5.74, 6) is -0.834. The van der Waals surface area contributed by atoms with E-state index in [-0.39, 0.29) is 11.9 Å². The van der Waals surface area contributed by atoms with E-state index in [0.717, 1.165) is 11.3 Å². The molecule has 0 bridgehead atoms. The van der Waals surface area contributed by atoms with Crippen molar-refractivity contribution in [2.45, 2.75) is 37.6 Å². The van der Waals surface area contributed by atoms with Crippen molar-refractivity contribution in [1.29, 1.82) is 0 Å². The average Bonchev–Trinajstić information content (AvgIpc) is 2.46. The van der Waals surface area contributed by atoms with E-state index < -0.39 is 11.9 Å². The van der Waals surface area contributed by atoms with Gasteiger partial charge in [-0.15, -0.1) is 11.8 Å². The van der Waals surface area contributed by atoms with Gasteiger partial charge < -0.3 is 10.0 Å². The molecular formula is C16H21NO3S. The minimum absolute atomic E-state index is 0.0269. The van der Waals surface area contributed by atoms with Crippen LogP contribution in [0.15, 0.2) is 29.2 Å². The highest BCUT2D eigenvalue weighted by Crippen LogP contribution is 2.24. The van der Waals surface area contributed by atoms with E-state index in [4.69, 9.17) is 5.11 Å². The van der Waals surface area contributed by atoms with Crippen molar-refractivity contribution in [1.82, 2.24) is 4.90 Å². The first-order chi connectivity index (χ1) is 9.97. The van der Waals surface area contributed by atoms with E-state index in [9.17, 15) is 9.59 Å². The van der Waals surface area contributed by atoms with Gasteiger partial charge in [0.15, 0.2) is 0 Å². The number of thioether (sulfide) groups is 1. The molecule has 1 heterocycles. The Hall–Kier alpha value is -1.49. The fraction of sp³-hybridized carbons (Fsp3) is 0.500. The van der Waals surface area contributed by atoms with Gasteiger partial charge in [-0.1, -0.05) is 17.7 Å². The largest absolute Gasteiger partial charge is 0.481 e. The number of carboxylic acid groups (broad SMARTS) is 1. The summed E-state index contributed by atoms with van der Waals surface area (Å²) in [5.41, 5.74) is 1.19. The third-order valence-corrected chi connectivity index (χ3v) is 4.93. The molecule has 5 heteroatoms. The molecule has 2 atom stereocenters. The smallest absolute Gasteiger partial charge is 0.308 e. The number of nitrogens with zero attached hydrogens (tertiary/aromatic N) is 1. The maximum atomic E-state index is 12.3. The predicted molar refractivity (Wildman–Crippen MR) is 83.4 cm³/mol. The van der Waals surface area contributed by atoms with Crippen molar-refractivity contribution < 1.29 is 14.7 Å². The summed E-state index contributed by atoms with van der Waals surface area (Å²) in [4.78, 5) is 26.2. The number of carbonyl (C=O) groups is 2. The summed E-state index contributed by atoms with van der Waals surface area (Å²) in [5, 5.41) is 9.11. The van der Waals surface area contributed by atoms with Gasteiger partial charge in [-0.3, -0.25) is 9.59 Å². The standard InChI is InChI=1S/C16H21NO3S/c1-11-3-7-14(8-4-11)21-10-15(18)17-9-13(16(19)20)6-5-12(17)2/h3-4,7-8,12-13H,5-6,9-10H2,1-2H3,(H,19,20). The van der Waals surface area contributed by atoms with E-state index in [1.54, 1.807) is 4.90 Å². The molecule has 1 N–H and O–H groups in total. The molecule has 1 amide bonds. The monoisotopic (exact) mass is 307 g/mol. The van der Waals surface area contributed by atoms with Crippen LogP contribution in [0.25, 0.3) is 0 Å². The second kappa shape index (κ2) is 6.98. The van der Waals surface area contributed by atoms with Crippen molar-refractivity contribution in [3.8, 4) is 0 Å². The molecular weight excluding hydrogens is 286 g/mol. The first kappa shape index (κ1) is 15.9. The van der Waals surface area contributed by atoms with Gasteiger partial charge in [-0.25, -0.2) is 0 Å². The third-order valence-electron chi connectivity index (χ3n) is 3.93. The number of carbonyl (C=O) groups excluding carboxylic acids is 1. The Morgan fingerprint density at radius 2 is 1.95 bits per heavy atom. The SMILES string of the molecule is Cc1ccc(SCC(=O)N2CC(C(=O)O)CCC2C)cc1. The Labute approximate surface area is 129 Å². The van der Waals surface area contributed by atoms with Crippen molar-refractivity contribution in [3.05, 3.63) is 29.8 Å². The number of hydrogen-bond acceptors (Lipinski definition) is 3. The first-order valence-electron chi connectivity index (χ1n) is 7.19. The molecule has 0 aromatic heterocycles. The number of benzene rings is 1. The highest BCUT2D eigenvalue weighted by atomic mass is 32.2. The van der Waals surface area contributed by atoms with Gasteiger partial charge in [-0.2, -0.15) is 0 Å². The molecule has 21 heavy (non-hydrogen) atoms. The maximum Gasteiger partial charge on any atom is 0.308 e. The van der Waals surface area contributed by atoms with Crippen molar-refractivity contribution in [3.63, 3.8) is 0 Å². The van der Waals surface area contributed by atoms with Crippen LogP contribution in [0.3, 0.4) is 0 Å². The summed E-state index contributed by atoms with van der Waals surface area (Å²) >= 11 is 1.50. The summed E-state index contributed by atoms with van der Waals surface area (Å²) in [6.45, 7) is 4.36. The number of carboxylic acids is 1. The van der Waals surface area contributed by atoms with Crippen LogP contribution in [0.4, 0.5) is 0 Å². The van der Waals surface area contributed by atoms with Gasteiger partial charge in [0.25, 0.3) is 0 Å². The van der Waals surface area contributed by atoms with E-state index >= 15 is 0 Å². The van der Waals surface area contributed by atoms with E-state index in [1.807, 2.05) is 38.1 Å². The summed E-state index contributed by atoms with van der Waals surface area (Å²) in [6, 6.07) is 8.19. The third kappa shape index (κ3) is 4.24. The van der Waals surface area contributed by atoms with Crippen LogP contribution in [0.5, 0.6) is 0 Å². The number of likely N-dealkylation sites (tertiary alicyclic amines) is 1. The minimum atomic E-state index is -0.800. The minimum Gasteiger partial charge on any atom is -0.481 e. The molecule has 0 spiro atoms. The number of aliphatic carboxylic acids is 1. The van der Waals surface area contributed by atoms with Crippen LogP contribution in [-0.4, -0.2) is 40.2 Å². The van der Waals surface area contributed by atoms with E-state index in [1.165, 1.54) is 17.3 Å². The fourth-order valence-corrected chi connectivity index (χ4v) is 3.30. The topological polar surface area (TPSA) is 57.6 Å². The molecule has 0 radical (unpaired) electrons. The normalized spacial score (nSPS) is 22.1. The molecule has 2 rings (SSSR count). The Morgan fingerprint density at radius 3 is 2.57 bits per heavy atom. The molecule has 0 aliphatic carbocycles. The number of hydrogen-bond donors (Lipinski definition) is 1. The molecule has 1 aliphatic heterocycles. The molecule has 2 unspecified atom stereocenters. The second-order valence-corrected chi connectivity index (χ2v) is 6.66. The van der Waals surface area contributed by atoms with Gasteiger partial charge in [0, 0.05) is 17.5 Å². The molecule has 1 aliphatic rings. The van der Waals surface area contributed by atoms with Crippen LogP contribution >= 0.6 is 11.8 Å². The van der Waals surface area contributed by atoms with Crippen molar-refractivity contribution in [2.75, 3.05) is 12.3 Å². The molecule has 4 nitrogen and oxygen atoms in total. The zero-order valence-electron chi connectivity index (χ0n) is 12.4. The fourth-order valence-electron chi connectivity index (χ4n) is 2.52. The molecule has 114 valence electrons. The zero-order chi connectivity index (χ0) is 15.4. The number of aryl methyl sites for hydroxylation is 1. The number of amides is 1. The van der Waals surface area contributed by atoms with Crippen LogP contribution < -0.4 is 0 Å². The lowest BCUT2D eigenvalue weighted by molar-refractivity contribution is -0.146. The van der Waals surface area contributed by atoms with Gasteiger partial charge >= 0.3 is 5.97 Å². The molecule has 0 saturated carbocycles. The summed E-state index contributed by atoms with van der Waals surface area (Å²) in [6.07, 6.45) is 1.42. The lowest BCUT2D eigenvalue weighted by Gasteiger charge is -2.36. The van der Waals surface area contributed by atoms with E-state index in [0.29, 0.717) is 18.7 Å². The molecule has 1 fully saturated rings. The van der Waals surface area contributed by atoms with Crippen LogP contribution in [0.1, 0.15) is 25.3 Å². The predicted octanol–water partition coefficient (Wildman–Crippen LogP) is 2.80. The molecule has 1 saturated heterocycles.